The van der Waals surface area contributed by atoms with E-state index in [1.54, 1.807) is 12.1 Å². The molecule has 1 aliphatic heterocycles. The maximum Gasteiger partial charge on any atom is 0.147 e. The number of anilines is 1. The molecule has 108 valence electrons. The third-order valence-corrected chi connectivity index (χ3v) is 3.98. The van der Waals surface area contributed by atoms with Crippen molar-refractivity contribution in [2.24, 2.45) is 0 Å². The minimum absolute atomic E-state index is 0.351. The van der Waals surface area contributed by atoms with Crippen LogP contribution in [0.15, 0.2) is 18.2 Å². The van der Waals surface area contributed by atoms with Gasteiger partial charge in [0.1, 0.15) is 5.82 Å². The molecule has 1 heterocycles. The Morgan fingerprint density at radius 3 is 3.00 bits per heavy atom. The first kappa shape index (κ1) is 14.8. The molecule has 0 aromatic heterocycles. The number of nitrogens with zero attached hydrogens (tertiary/aromatic N) is 2. The summed E-state index contributed by atoms with van der Waals surface area (Å²) in [6.45, 7) is 5.29. The highest BCUT2D eigenvalue weighted by Gasteiger charge is 2.17. The van der Waals surface area contributed by atoms with Gasteiger partial charge in [-0.2, -0.15) is 5.26 Å². The van der Waals surface area contributed by atoms with Gasteiger partial charge in [-0.1, -0.05) is 6.42 Å². The van der Waals surface area contributed by atoms with E-state index < -0.39 is 0 Å². The van der Waals surface area contributed by atoms with Crippen molar-refractivity contribution < 1.29 is 4.39 Å². The average molecular weight is 275 g/mol. The predicted octanol–water partition coefficient (Wildman–Crippen LogP) is 3.37. The lowest BCUT2D eigenvalue weighted by Gasteiger charge is -2.33. The van der Waals surface area contributed by atoms with Crippen molar-refractivity contribution in [1.29, 1.82) is 5.26 Å². The number of likely N-dealkylation sites (tertiary alicyclic amines) is 1. The first-order valence-electron chi connectivity index (χ1n) is 7.38. The normalized spacial score (nSPS) is 19.6. The molecular weight excluding hydrogens is 253 g/mol. The van der Waals surface area contributed by atoms with E-state index in [1.165, 1.54) is 31.9 Å². The molecule has 0 spiro atoms. The van der Waals surface area contributed by atoms with Gasteiger partial charge >= 0.3 is 0 Å². The molecule has 4 heteroatoms. The topological polar surface area (TPSA) is 39.1 Å². The summed E-state index contributed by atoms with van der Waals surface area (Å²) in [4.78, 5) is 2.51. The van der Waals surface area contributed by atoms with Gasteiger partial charge in [-0.15, -0.1) is 0 Å². The van der Waals surface area contributed by atoms with Crippen LogP contribution in [0.1, 0.15) is 38.2 Å². The number of benzene rings is 1. The highest BCUT2D eigenvalue weighted by molar-refractivity contribution is 5.48. The van der Waals surface area contributed by atoms with Crippen molar-refractivity contribution >= 4 is 5.69 Å². The van der Waals surface area contributed by atoms with Crippen LogP contribution in [0, 0.1) is 17.1 Å². The largest absolute Gasteiger partial charge is 0.383 e. The van der Waals surface area contributed by atoms with Gasteiger partial charge < -0.3 is 10.2 Å². The zero-order chi connectivity index (χ0) is 14.4. The van der Waals surface area contributed by atoms with Crippen molar-refractivity contribution in [3.05, 3.63) is 29.6 Å². The van der Waals surface area contributed by atoms with Gasteiger partial charge in [-0.25, -0.2) is 4.39 Å². The number of halogens is 1. The Morgan fingerprint density at radius 1 is 1.45 bits per heavy atom. The molecule has 1 aromatic carbocycles. The average Bonchev–Trinajstić information content (AvgIpc) is 2.46. The van der Waals surface area contributed by atoms with Crippen LogP contribution < -0.4 is 5.32 Å². The Hall–Kier alpha value is -1.60. The van der Waals surface area contributed by atoms with E-state index in [1.807, 2.05) is 6.07 Å². The molecule has 1 aromatic rings. The van der Waals surface area contributed by atoms with Gasteiger partial charge in [0.05, 0.1) is 17.3 Å². The highest BCUT2D eigenvalue weighted by atomic mass is 19.1. The summed E-state index contributed by atoms with van der Waals surface area (Å²) in [6.07, 6.45) is 4.93. The molecule has 1 saturated heterocycles. The molecule has 20 heavy (non-hydrogen) atoms. The van der Waals surface area contributed by atoms with Gasteiger partial charge in [-0.05, 0) is 50.9 Å². The van der Waals surface area contributed by atoms with E-state index in [2.05, 4.69) is 17.1 Å². The number of hydrogen-bond donors (Lipinski definition) is 1. The molecule has 0 saturated carbocycles. The second-order valence-corrected chi connectivity index (χ2v) is 5.47. The lowest BCUT2D eigenvalue weighted by Crippen LogP contribution is -2.38. The smallest absolute Gasteiger partial charge is 0.147 e. The SMILES string of the molecule is CC1CCCCN1CCCNc1ccc(C#N)cc1F. The Labute approximate surface area is 120 Å². The second kappa shape index (κ2) is 7.25. The Bertz CT molecular complexity index is 481. The number of rotatable bonds is 5. The van der Waals surface area contributed by atoms with E-state index in [0.717, 1.165) is 19.5 Å². The molecule has 0 aliphatic carbocycles. The molecule has 0 amide bonds. The first-order valence-corrected chi connectivity index (χ1v) is 7.38. The third kappa shape index (κ3) is 3.94. The highest BCUT2D eigenvalue weighted by Crippen LogP contribution is 2.17. The van der Waals surface area contributed by atoms with Gasteiger partial charge in [0.25, 0.3) is 0 Å². The van der Waals surface area contributed by atoms with Crippen LogP contribution in [-0.4, -0.2) is 30.6 Å². The van der Waals surface area contributed by atoms with Gasteiger partial charge in [0, 0.05) is 19.1 Å². The van der Waals surface area contributed by atoms with E-state index in [-0.39, 0.29) is 5.82 Å². The summed E-state index contributed by atoms with van der Waals surface area (Å²) in [6, 6.07) is 7.16. The third-order valence-electron chi connectivity index (χ3n) is 3.98. The molecule has 0 bridgehead atoms. The maximum atomic E-state index is 13.7. The quantitative estimate of drug-likeness (QED) is 0.837. The predicted molar refractivity (Wildman–Crippen MR) is 79.1 cm³/mol. The Kier molecular flexibility index (Phi) is 5.37. The molecule has 1 aliphatic rings. The number of piperidine rings is 1. The van der Waals surface area contributed by atoms with Gasteiger partial charge in [0.15, 0.2) is 0 Å². The maximum absolute atomic E-state index is 13.7. The molecule has 1 fully saturated rings. The molecule has 1 unspecified atom stereocenters. The van der Waals surface area contributed by atoms with Crippen molar-refractivity contribution in [1.82, 2.24) is 4.90 Å². The van der Waals surface area contributed by atoms with Gasteiger partial charge in [0.2, 0.25) is 0 Å². The summed E-state index contributed by atoms with van der Waals surface area (Å²) in [5.74, 6) is -0.351. The fraction of sp³-hybridized carbons (Fsp3) is 0.562. The standard InChI is InChI=1S/C16H22FN3/c1-13-5-2-3-9-20(13)10-4-8-19-16-7-6-14(12-18)11-15(16)17/h6-7,11,13,19H,2-5,8-10H2,1H3. The lowest BCUT2D eigenvalue weighted by atomic mass is 10.0. The molecular formula is C16H22FN3. The van der Waals surface area contributed by atoms with Crippen LogP contribution in [0.3, 0.4) is 0 Å². The summed E-state index contributed by atoms with van der Waals surface area (Å²) >= 11 is 0. The zero-order valence-corrected chi connectivity index (χ0v) is 12.0. The van der Waals surface area contributed by atoms with Crippen LogP contribution >= 0.6 is 0 Å². The van der Waals surface area contributed by atoms with Crippen LogP contribution in [0.25, 0.3) is 0 Å². The van der Waals surface area contributed by atoms with Crippen molar-refractivity contribution in [3.8, 4) is 6.07 Å². The van der Waals surface area contributed by atoms with Crippen LogP contribution in [-0.2, 0) is 0 Å². The monoisotopic (exact) mass is 275 g/mol. The minimum Gasteiger partial charge on any atom is -0.383 e. The van der Waals surface area contributed by atoms with E-state index in [0.29, 0.717) is 17.3 Å². The Balaban J connectivity index is 1.74. The van der Waals surface area contributed by atoms with Crippen molar-refractivity contribution in [3.63, 3.8) is 0 Å². The summed E-state index contributed by atoms with van der Waals surface area (Å²) in [7, 11) is 0. The molecule has 1 N–H and O–H groups in total. The number of nitriles is 1. The van der Waals surface area contributed by atoms with Crippen LogP contribution in [0.2, 0.25) is 0 Å². The lowest BCUT2D eigenvalue weighted by molar-refractivity contribution is 0.160. The van der Waals surface area contributed by atoms with Crippen molar-refractivity contribution in [2.45, 2.75) is 38.6 Å². The zero-order valence-electron chi connectivity index (χ0n) is 12.0. The fourth-order valence-corrected chi connectivity index (χ4v) is 2.72. The molecule has 2 rings (SSSR count). The number of nitrogens with one attached hydrogen (secondary N) is 1. The molecule has 3 nitrogen and oxygen atoms in total. The summed E-state index contributed by atoms with van der Waals surface area (Å²) in [5.41, 5.74) is 0.839. The van der Waals surface area contributed by atoms with E-state index in [9.17, 15) is 4.39 Å². The Morgan fingerprint density at radius 2 is 2.30 bits per heavy atom. The fourth-order valence-electron chi connectivity index (χ4n) is 2.72. The summed E-state index contributed by atoms with van der Waals surface area (Å²) < 4.78 is 13.7. The van der Waals surface area contributed by atoms with E-state index in [4.69, 9.17) is 5.26 Å². The van der Waals surface area contributed by atoms with Crippen LogP contribution in [0.4, 0.5) is 10.1 Å². The van der Waals surface area contributed by atoms with Gasteiger partial charge in [-0.3, -0.25) is 0 Å². The van der Waals surface area contributed by atoms with E-state index >= 15 is 0 Å². The first-order chi connectivity index (χ1) is 9.70. The number of hydrogen-bond acceptors (Lipinski definition) is 3. The summed E-state index contributed by atoms with van der Waals surface area (Å²) in [5, 5.41) is 11.8. The van der Waals surface area contributed by atoms with Crippen molar-refractivity contribution in [2.75, 3.05) is 25.0 Å². The molecule has 0 radical (unpaired) electrons. The molecule has 1 atom stereocenters. The minimum atomic E-state index is -0.351. The van der Waals surface area contributed by atoms with Crippen LogP contribution in [0.5, 0.6) is 0 Å². The second-order valence-electron chi connectivity index (χ2n) is 5.47.